The second-order valence-electron chi connectivity index (χ2n) is 17.7. The van der Waals surface area contributed by atoms with Crippen LogP contribution in [0.4, 0.5) is 0 Å². The van der Waals surface area contributed by atoms with Crippen molar-refractivity contribution < 1.29 is 28.6 Å². The van der Waals surface area contributed by atoms with Crippen molar-refractivity contribution in [1.82, 2.24) is 0 Å². The van der Waals surface area contributed by atoms with E-state index in [4.69, 9.17) is 14.2 Å². The lowest BCUT2D eigenvalue weighted by Gasteiger charge is -2.18. The molecule has 0 aliphatic carbocycles. The van der Waals surface area contributed by atoms with E-state index in [2.05, 4.69) is 34.6 Å². The van der Waals surface area contributed by atoms with Crippen molar-refractivity contribution in [2.45, 2.75) is 272 Å². The summed E-state index contributed by atoms with van der Waals surface area (Å²) in [6.45, 7) is 11.3. The molecule has 0 saturated carbocycles. The molecule has 0 radical (unpaired) electrons. The fourth-order valence-corrected chi connectivity index (χ4v) is 7.28. The average molecular weight is 779 g/mol. The Balaban J connectivity index is 4.28. The van der Waals surface area contributed by atoms with Gasteiger partial charge in [-0.15, -0.1) is 0 Å². The third kappa shape index (κ3) is 43.4. The first-order valence-electron chi connectivity index (χ1n) is 24.2. The molecule has 6 nitrogen and oxygen atoms in total. The smallest absolute Gasteiger partial charge is 0.306 e. The molecule has 0 unspecified atom stereocenters. The van der Waals surface area contributed by atoms with Crippen LogP contribution >= 0.6 is 0 Å². The molecule has 0 rings (SSSR count). The van der Waals surface area contributed by atoms with Gasteiger partial charge in [0.15, 0.2) is 6.10 Å². The van der Waals surface area contributed by atoms with Gasteiger partial charge in [-0.3, -0.25) is 14.4 Å². The van der Waals surface area contributed by atoms with Crippen molar-refractivity contribution in [2.24, 2.45) is 11.8 Å². The predicted molar refractivity (Wildman–Crippen MR) is 233 cm³/mol. The van der Waals surface area contributed by atoms with E-state index in [0.717, 1.165) is 69.6 Å². The predicted octanol–water partition coefficient (Wildman–Crippen LogP) is 15.4. The van der Waals surface area contributed by atoms with Gasteiger partial charge in [-0.05, 0) is 31.1 Å². The zero-order chi connectivity index (χ0) is 40.5. The van der Waals surface area contributed by atoms with Crippen molar-refractivity contribution in [3.63, 3.8) is 0 Å². The Hall–Kier alpha value is -1.59. The minimum atomic E-state index is -0.760. The topological polar surface area (TPSA) is 78.9 Å². The first kappa shape index (κ1) is 53.4. The molecule has 0 aromatic rings. The van der Waals surface area contributed by atoms with Crippen LogP contribution < -0.4 is 0 Å². The van der Waals surface area contributed by atoms with E-state index in [0.29, 0.717) is 19.3 Å². The molecule has 0 N–H and O–H groups in total. The molecular weight excluding hydrogens is 685 g/mol. The highest BCUT2D eigenvalue weighted by Crippen LogP contribution is 2.17. The van der Waals surface area contributed by atoms with Crippen LogP contribution in [-0.2, 0) is 28.6 Å². The highest BCUT2D eigenvalue weighted by molar-refractivity contribution is 5.71. The number of rotatable bonds is 43. The molecule has 1 atom stereocenters. The molecule has 0 bridgehead atoms. The Morgan fingerprint density at radius 1 is 0.345 bits per heavy atom. The van der Waals surface area contributed by atoms with E-state index in [1.165, 1.54) is 154 Å². The van der Waals surface area contributed by atoms with E-state index >= 15 is 0 Å². The maximum atomic E-state index is 12.7. The van der Waals surface area contributed by atoms with Crippen molar-refractivity contribution in [3.8, 4) is 0 Å². The lowest BCUT2D eigenvalue weighted by atomic mass is 10.0. The number of carbonyl (C=O) groups is 3. The Morgan fingerprint density at radius 2 is 0.600 bits per heavy atom. The Labute approximate surface area is 342 Å². The highest BCUT2D eigenvalue weighted by Gasteiger charge is 2.19. The summed E-state index contributed by atoms with van der Waals surface area (Å²) < 4.78 is 16.7. The van der Waals surface area contributed by atoms with Crippen LogP contribution in [0.5, 0.6) is 0 Å². The molecule has 326 valence electrons. The van der Waals surface area contributed by atoms with Crippen molar-refractivity contribution in [2.75, 3.05) is 13.2 Å². The van der Waals surface area contributed by atoms with Gasteiger partial charge in [0.05, 0.1) is 0 Å². The molecule has 0 fully saturated rings. The summed E-state index contributed by atoms with van der Waals surface area (Å²) >= 11 is 0. The molecule has 0 saturated heterocycles. The molecule has 0 aromatic carbocycles. The minimum absolute atomic E-state index is 0.0646. The van der Waals surface area contributed by atoms with Crippen LogP contribution in [0.15, 0.2) is 0 Å². The van der Waals surface area contributed by atoms with Gasteiger partial charge >= 0.3 is 17.9 Å². The lowest BCUT2D eigenvalue weighted by Crippen LogP contribution is -2.30. The van der Waals surface area contributed by atoms with Gasteiger partial charge in [-0.25, -0.2) is 0 Å². The fourth-order valence-electron chi connectivity index (χ4n) is 7.28. The number of carbonyl (C=O) groups excluding carboxylic acids is 3. The van der Waals surface area contributed by atoms with Gasteiger partial charge in [-0.1, -0.05) is 227 Å². The summed E-state index contributed by atoms with van der Waals surface area (Å²) in [5, 5.41) is 0. The van der Waals surface area contributed by atoms with Gasteiger partial charge in [0.1, 0.15) is 13.2 Å². The van der Waals surface area contributed by atoms with Gasteiger partial charge < -0.3 is 14.2 Å². The maximum Gasteiger partial charge on any atom is 0.306 e. The zero-order valence-corrected chi connectivity index (χ0v) is 37.6. The summed E-state index contributed by atoms with van der Waals surface area (Å²) in [7, 11) is 0. The van der Waals surface area contributed by atoms with Crippen LogP contribution in [0.2, 0.25) is 0 Å². The van der Waals surface area contributed by atoms with Gasteiger partial charge in [-0.2, -0.15) is 0 Å². The van der Waals surface area contributed by atoms with Crippen molar-refractivity contribution in [3.05, 3.63) is 0 Å². The first-order valence-corrected chi connectivity index (χ1v) is 24.2. The normalized spacial score (nSPS) is 12.1. The monoisotopic (exact) mass is 779 g/mol. The quantitative estimate of drug-likeness (QED) is 0.0348. The average Bonchev–Trinajstić information content (AvgIpc) is 3.15. The van der Waals surface area contributed by atoms with Crippen LogP contribution in [0.1, 0.15) is 266 Å². The SMILES string of the molecule is CCCCCCCCCCCCC(=O)OC[C@H](COC(=O)CCCCCCCCCCCCCCCC(C)C)OC(=O)CCCCCCCCCCC(C)C. The molecule has 55 heavy (non-hydrogen) atoms. The summed E-state index contributed by atoms with van der Waals surface area (Å²) in [6.07, 6.45) is 40.9. The van der Waals surface area contributed by atoms with E-state index in [-0.39, 0.29) is 31.1 Å². The number of unbranched alkanes of at least 4 members (excludes halogenated alkanes) is 28. The molecule has 0 aromatic heterocycles. The molecule has 0 aliphatic heterocycles. The third-order valence-corrected chi connectivity index (χ3v) is 11.0. The number of hydrogen-bond donors (Lipinski definition) is 0. The molecule has 6 heteroatoms. The van der Waals surface area contributed by atoms with Gasteiger partial charge in [0, 0.05) is 19.3 Å². The highest BCUT2D eigenvalue weighted by atomic mass is 16.6. The van der Waals surface area contributed by atoms with Crippen LogP contribution in [0.3, 0.4) is 0 Å². The zero-order valence-electron chi connectivity index (χ0n) is 37.6. The third-order valence-electron chi connectivity index (χ3n) is 11.0. The van der Waals surface area contributed by atoms with E-state index in [9.17, 15) is 14.4 Å². The number of hydrogen-bond acceptors (Lipinski definition) is 6. The second kappa shape index (κ2) is 42.0. The summed E-state index contributed by atoms with van der Waals surface area (Å²) in [5.74, 6) is 0.777. The number of ether oxygens (including phenoxy) is 3. The van der Waals surface area contributed by atoms with Crippen LogP contribution in [0.25, 0.3) is 0 Å². The van der Waals surface area contributed by atoms with E-state index in [1.807, 2.05) is 0 Å². The maximum absolute atomic E-state index is 12.7. The van der Waals surface area contributed by atoms with Crippen molar-refractivity contribution in [1.29, 1.82) is 0 Å². The molecule has 0 amide bonds. The molecule has 0 aliphatic rings. The Morgan fingerprint density at radius 3 is 0.891 bits per heavy atom. The molecule has 0 heterocycles. The van der Waals surface area contributed by atoms with Crippen LogP contribution in [-0.4, -0.2) is 37.2 Å². The van der Waals surface area contributed by atoms with Gasteiger partial charge in [0.2, 0.25) is 0 Å². The van der Waals surface area contributed by atoms with Gasteiger partial charge in [0.25, 0.3) is 0 Å². The number of esters is 3. The largest absolute Gasteiger partial charge is 0.462 e. The summed E-state index contributed by atoms with van der Waals surface area (Å²) in [5.41, 5.74) is 0. The first-order chi connectivity index (χ1) is 26.7. The summed E-state index contributed by atoms with van der Waals surface area (Å²) in [6, 6.07) is 0. The standard InChI is InChI=1S/C49H94O6/c1-6-7-8-9-10-11-18-24-29-34-39-47(50)53-42-46(55-49(52)41-36-31-26-21-20-23-28-33-38-45(4)5)43-54-48(51)40-35-30-25-19-16-14-12-13-15-17-22-27-32-37-44(2)3/h44-46H,6-43H2,1-5H3/t46-/m1/s1. The summed E-state index contributed by atoms with van der Waals surface area (Å²) in [4.78, 5) is 37.8. The Kier molecular flexibility index (Phi) is 40.8. The van der Waals surface area contributed by atoms with E-state index < -0.39 is 6.10 Å². The van der Waals surface area contributed by atoms with Crippen LogP contribution in [0, 0.1) is 11.8 Å². The lowest BCUT2D eigenvalue weighted by molar-refractivity contribution is -0.167. The minimum Gasteiger partial charge on any atom is -0.462 e. The Bertz CT molecular complexity index is 839. The molecule has 0 spiro atoms. The van der Waals surface area contributed by atoms with Crippen molar-refractivity contribution >= 4 is 17.9 Å². The van der Waals surface area contributed by atoms with E-state index in [1.54, 1.807) is 0 Å². The second-order valence-corrected chi connectivity index (χ2v) is 17.7. The fraction of sp³-hybridized carbons (Fsp3) is 0.939. The molecular formula is C49H94O6.